The minimum absolute atomic E-state index is 0. The van der Waals surface area contributed by atoms with Gasteiger partial charge in [0, 0.05) is 36.9 Å². The zero-order valence-corrected chi connectivity index (χ0v) is 19.7. The van der Waals surface area contributed by atoms with Crippen LogP contribution in [-0.4, -0.2) is 32.1 Å². The second kappa shape index (κ2) is 8.89. The summed E-state index contributed by atoms with van der Waals surface area (Å²) in [5.74, 6) is 0.0667. The third kappa shape index (κ3) is 3.79. The topological polar surface area (TPSA) is 52.3 Å². The maximum Gasteiger partial charge on any atom is 0.258 e. The van der Waals surface area contributed by atoms with Crippen molar-refractivity contribution in [2.24, 2.45) is 7.05 Å². The van der Waals surface area contributed by atoms with Gasteiger partial charge in [-0.2, -0.15) is 0 Å². The summed E-state index contributed by atoms with van der Waals surface area (Å²) in [6.45, 7) is 2.49. The molecule has 34 heavy (non-hydrogen) atoms. The van der Waals surface area contributed by atoms with Gasteiger partial charge in [0.05, 0.1) is 29.1 Å². The Morgan fingerprint density at radius 1 is 1.15 bits per heavy atom. The van der Waals surface area contributed by atoms with Crippen LogP contribution in [0.25, 0.3) is 16.6 Å². The van der Waals surface area contributed by atoms with E-state index in [0.717, 1.165) is 24.8 Å². The molecule has 176 valence electrons. The second-order valence-electron chi connectivity index (χ2n) is 8.90. The SMILES string of the molecule is Cl.Cn1c2c(c3ccc(-n4ccc(OCc5ccc(F)cn5)cc4=O)cc31)CCN1CCCC21. The van der Waals surface area contributed by atoms with Crippen molar-refractivity contribution in [2.45, 2.75) is 31.9 Å². The molecule has 0 aliphatic carbocycles. The van der Waals surface area contributed by atoms with Crippen LogP contribution in [0.1, 0.15) is 35.8 Å². The number of rotatable bonds is 4. The summed E-state index contributed by atoms with van der Waals surface area (Å²) in [6.07, 6.45) is 6.45. The Bertz CT molecular complexity index is 1410. The Morgan fingerprint density at radius 3 is 2.82 bits per heavy atom. The number of aromatic nitrogens is 3. The van der Waals surface area contributed by atoms with E-state index in [2.05, 4.69) is 33.6 Å². The van der Waals surface area contributed by atoms with E-state index in [1.807, 2.05) is 6.07 Å². The summed E-state index contributed by atoms with van der Waals surface area (Å²) >= 11 is 0. The Hall–Kier alpha value is -3.16. The van der Waals surface area contributed by atoms with Gasteiger partial charge in [0.15, 0.2) is 0 Å². The molecule has 0 saturated carbocycles. The zero-order valence-electron chi connectivity index (χ0n) is 18.9. The third-order valence-electron chi connectivity index (χ3n) is 7.01. The van der Waals surface area contributed by atoms with Crippen molar-refractivity contribution in [3.05, 3.63) is 88.0 Å². The van der Waals surface area contributed by atoms with E-state index in [0.29, 0.717) is 17.5 Å². The molecule has 4 aromatic rings. The zero-order chi connectivity index (χ0) is 22.5. The van der Waals surface area contributed by atoms with Crippen LogP contribution >= 0.6 is 12.4 Å². The number of fused-ring (bicyclic) bond motifs is 5. The molecule has 0 N–H and O–H groups in total. The van der Waals surface area contributed by atoms with Gasteiger partial charge in [0.25, 0.3) is 5.56 Å². The number of pyridine rings is 2. The summed E-state index contributed by atoms with van der Waals surface area (Å²) in [4.78, 5) is 19.4. The smallest absolute Gasteiger partial charge is 0.258 e. The highest BCUT2D eigenvalue weighted by Crippen LogP contribution is 2.41. The number of hydrogen-bond donors (Lipinski definition) is 0. The maximum absolute atomic E-state index is 13.0. The van der Waals surface area contributed by atoms with Gasteiger partial charge in [-0.1, -0.05) is 6.07 Å². The van der Waals surface area contributed by atoms with Crippen molar-refractivity contribution in [1.29, 1.82) is 0 Å². The van der Waals surface area contributed by atoms with Crippen LogP contribution in [-0.2, 0) is 20.1 Å². The van der Waals surface area contributed by atoms with E-state index in [4.69, 9.17) is 4.74 Å². The number of ether oxygens (including phenoxy) is 1. The normalized spacial score (nSPS) is 17.3. The number of nitrogens with zero attached hydrogens (tertiary/aromatic N) is 4. The summed E-state index contributed by atoms with van der Waals surface area (Å²) in [5.41, 5.74) is 5.34. The molecule has 5 heterocycles. The van der Waals surface area contributed by atoms with E-state index in [1.54, 1.807) is 22.9 Å². The number of halogens is 2. The lowest BCUT2D eigenvalue weighted by Crippen LogP contribution is -2.31. The summed E-state index contributed by atoms with van der Waals surface area (Å²) < 4.78 is 22.6. The van der Waals surface area contributed by atoms with Crippen LogP contribution in [0.3, 0.4) is 0 Å². The molecule has 1 aromatic carbocycles. The fourth-order valence-electron chi connectivity index (χ4n) is 5.43. The average molecular weight is 481 g/mol. The molecule has 1 fully saturated rings. The Kier molecular flexibility index (Phi) is 5.91. The summed E-state index contributed by atoms with van der Waals surface area (Å²) in [6, 6.07) is 12.9. The van der Waals surface area contributed by atoms with E-state index in [1.165, 1.54) is 53.7 Å². The summed E-state index contributed by atoms with van der Waals surface area (Å²) in [5, 5.41) is 1.29. The van der Waals surface area contributed by atoms with Crippen LogP contribution in [0.5, 0.6) is 5.75 Å². The predicted molar refractivity (Wildman–Crippen MR) is 132 cm³/mol. The molecule has 3 aromatic heterocycles. The van der Waals surface area contributed by atoms with Gasteiger partial charge < -0.3 is 9.30 Å². The van der Waals surface area contributed by atoms with Gasteiger partial charge in [-0.25, -0.2) is 4.39 Å². The first kappa shape index (κ1) is 22.6. The summed E-state index contributed by atoms with van der Waals surface area (Å²) in [7, 11) is 2.15. The van der Waals surface area contributed by atoms with Gasteiger partial charge in [-0.15, -0.1) is 12.4 Å². The predicted octanol–water partition coefficient (Wildman–Crippen LogP) is 4.56. The van der Waals surface area contributed by atoms with Crippen molar-refractivity contribution in [1.82, 2.24) is 19.0 Å². The van der Waals surface area contributed by atoms with Crippen molar-refractivity contribution >= 4 is 23.3 Å². The maximum atomic E-state index is 13.0. The molecule has 0 amide bonds. The molecule has 0 radical (unpaired) electrons. The lowest BCUT2D eigenvalue weighted by molar-refractivity contribution is 0.236. The lowest BCUT2D eigenvalue weighted by atomic mass is 9.97. The van der Waals surface area contributed by atoms with Crippen LogP contribution in [0.4, 0.5) is 4.39 Å². The second-order valence-corrected chi connectivity index (χ2v) is 8.90. The molecule has 0 spiro atoms. The van der Waals surface area contributed by atoms with Gasteiger partial charge >= 0.3 is 0 Å². The first-order valence-electron chi connectivity index (χ1n) is 11.4. The van der Waals surface area contributed by atoms with E-state index in [-0.39, 0.29) is 24.6 Å². The highest BCUT2D eigenvalue weighted by molar-refractivity contribution is 5.88. The molecule has 6 nitrogen and oxygen atoms in total. The van der Waals surface area contributed by atoms with Crippen molar-refractivity contribution in [3.63, 3.8) is 0 Å². The van der Waals surface area contributed by atoms with Crippen molar-refractivity contribution < 1.29 is 9.13 Å². The first-order valence-corrected chi connectivity index (χ1v) is 11.4. The van der Waals surface area contributed by atoms with Crippen LogP contribution in [0.15, 0.2) is 59.7 Å². The van der Waals surface area contributed by atoms with Crippen LogP contribution in [0, 0.1) is 5.82 Å². The molecule has 1 atom stereocenters. The van der Waals surface area contributed by atoms with Gasteiger partial charge in [-0.3, -0.25) is 19.2 Å². The monoisotopic (exact) mass is 480 g/mol. The molecule has 2 aliphatic rings. The number of benzene rings is 1. The van der Waals surface area contributed by atoms with Gasteiger partial charge in [0.2, 0.25) is 0 Å². The fourth-order valence-corrected chi connectivity index (χ4v) is 5.43. The van der Waals surface area contributed by atoms with Gasteiger partial charge in [0.1, 0.15) is 18.2 Å². The molecule has 1 saturated heterocycles. The van der Waals surface area contributed by atoms with Crippen LogP contribution in [0.2, 0.25) is 0 Å². The quantitative estimate of drug-likeness (QED) is 0.430. The molecule has 0 bridgehead atoms. The van der Waals surface area contributed by atoms with E-state index < -0.39 is 5.82 Å². The van der Waals surface area contributed by atoms with Crippen LogP contribution < -0.4 is 10.3 Å². The lowest BCUT2D eigenvalue weighted by Gasteiger charge is -2.30. The first-order chi connectivity index (χ1) is 16.1. The third-order valence-corrected chi connectivity index (χ3v) is 7.01. The van der Waals surface area contributed by atoms with Crippen molar-refractivity contribution in [2.75, 3.05) is 13.1 Å². The molecular weight excluding hydrogens is 455 g/mol. The van der Waals surface area contributed by atoms with Crippen molar-refractivity contribution in [3.8, 4) is 11.4 Å². The highest BCUT2D eigenvalue weighted by Gasteiger charge is 2.34. The molecule has 8 heteroatoms. The van der Waals surface area contributed by atoms with E-state index >= 15 is 0 Å². The van der Waals surface area contributed by atoms with Gasteiger partial charge in [-0.05, 0) is 61.7 Å². The standard InChI is InChI=1S/C26H25FN4O2.ClH/c1-29-24-13-19(6-7-21(24)22-9-11-30-10-2-3-23(30)26(22)29)31-12-8-20(14-25(31)32)33-16-18-5-4-17(27)15-28-18;/h4-8,12-15,23H,2-3,9-11,16H2,1H3;1H. The Balaban J connectivity index is 0.00000241. The minimum atomic E-state index is -0.391. The highest BCUT2D eigenvalue weighted by atomic mass is 35.5. The largest absolute Gasteiger partial charge is 0.487 e. The molecular formula is C26H26ClFN4O2. The number of aryl methyl sites for hydroxylation is 1. The fraction of sp³-hybridized carbons (Fsp3) is 0.308. The average Bonchev–Trinajstić information content (AvgIpc) is 3.41. The Labute approximate surface area is 203 Å². The number of hydrogen-bond acceptors (Lipinski definition) is 4. The minimum Gasteiger partial charge on any atom is -0.487 e. The van der Waals surface area contributed by atoms with E-state index in [9.17, 15) is 9.18 Å². The molecule has 6 rings (SSSR count). The Morgan fingerprint density at radius 2 is 2.03 bits per heavy atom. The molecule has 2 aliphatic heterocycles. The molecule has 1 unspecified atom stereocenters.